The lowest BCUT2D eigenvalue weighted by atomic mass is 9.78. The van der Waals surface area contributed by atoms with E-state index in [2.05, 4.69) is 19.2 Å². The summed E-state index contributed by atoms with van der Waals surface area (Å²) in [5, 5.41) is 8.07. The summed E-state index contributed by atoms with van der Waals surface area (Å²) in [7, 11) is -2.66. The third-order valence-electron chi connectivity index (χ3n) is 5.41. The number of methoxy groups -OCH3 is 1. The average Bonchev–Trinajstić information content (AvgIpc) is 2.63. The molecule has 0 radical (unpaired) electrons. The molecule has 0 saturated heterocycles. The Morgan fingerprint density at radius 2 is 1.93 bits per heavy atom. The van der Waals surface area contributed by atoms with Gasteiger partial charge in [0.1, 0.15) is 11.3 Å². The minimum absolute atomic E-state index is 0.0395. The Hall–Kier alpha value is -2.13. The Bertz CT molecular complexity index is 839. The predicted octanol–water partition coefficient (Wildman–Crippen LogP) is 1.83. The normalized spacial score (nSPS) is 23.5. The molecule has 1 aromatic carbocycles. The SMILES string of the molecule is COc1ccc(S(N)(=O)=O)cc1C(=O)O[C@H](C)C(=O)N[C@@H]1CCC[C@H](C)[C@@H]1C. The first-order chi connectivity index (χ1) is 13.0. The first-order valence-corrected chi connectivity index (χ1v) is 10.8. The first kappa shape index (κ1) is 22.2. The van der Waals surface area contributed by atoms with Crippen LogP contribution in [0.15, 0.2) is 23.1 Å². The van der Waals surface area contributed by atoms with Crippen molar-refractivity contribution in [2.45, 2.75) is 57.1 Å². The van der Waals surface area contributed by atoms with Gasteiger partial charge in [-0.3, -0.25) is 4.79 Å². The smallest absolute Gasteiger partial charge is 0.342 e. The number of nitrogens with one attached hydrogen (secondary N) is 1. The maximum absolute atomic E-state index is 12.5. The Kier molecular flexibility index (Phi) is 7.06. The highest BCUT2D eigenvalue weighted by Crippen LogP contribution is 2.29. The van der Waals surface area contributed by atoms with Crippen molar-refractivity contribution in [1.82, 2.24) is 5.32 Å². The van der Waals surface area contributed by atoms with Crippen molar-refractivity contribution in [3.8, 4) is 5.75 Å². The van der Waals surface area contributed by atoms with Crippen LogP contribution < -0.4 is 15.2 Å². The summed E-state index contributed by atoms with van der Waals surface area (Å²) in [6, 6.07) is 3.66. The summed E-state index contributed by atoms with van der Waals surface area (Å²) in [5.41, 5.74) is -0.117. The highest BCUT2D eigenvalue weighted by molar-refractivity contribution is 7.89. The van der Waals surface area contributed by atoms with Crippen LogP contribution in [-0.4, -0.2) is 39.5 Å². The number of hydrogen-bond donors (Lipinski definition) is 2. The number of ether oxygens (including phenoxy) is 2. The lowest BCUT2D eigenvalue weighted by molar-refractivity contribution is -0.130. The van der Waals surface area contributed by atoms with Crippen LogP contribution in [-0.2, 0) is 19.6 Å². The van der Waals surface area contributed by atoms with E-state index in [4.69, 9.17) is 14.6 Å². The quantitative estimate of drug-likeness (QED) is 0.687. The molecule has 1 fully saturated rings. The Labute approximate surface area is 165 Å². The highest BCUT2D eigenvalue weighted by Gasteiger charge is 2.30. The van der Waals surface area contributed by atoms with Gasteiger partial charge in [-0.05, 0) is 43.4 Å². The molecule has 9 heteroatoms. The van der Waals surface area contributed by atoms with Crippen molar-refractivity contribution in [3.05, 3.63) is 23.8 Å². The number of nitrogens with two attached hydrogens (primary N) is 1. The second-order valence-electron chi connectivity index (χ2n) is 7.34. The third-order valence-corrected chi connectivity index (χ3v) is 6.32. The summed E-state index contributed by atoms with van der Waals surface area (Å²) in [4.78, 5) is 24.7. The van der Waals surface area contributed by atoms with E-state index in [9.17, 15) is 18.0 Å². The van der Waals surface area contributed by atoms with Crippen molar-refractivity contribution >= 4 is 21.9 Å². The second kappa shape index (κ2) is 8.91. The number of amides is 1. The predicted molar refractivity (Wildman–Crippen MR) is 103 cm³/mol. The van der Waals surface area contributed by atoms with E-state index in [0.717, 1.165) is 25.3 Å². The molecule has 8 nitrogen and oxygen atoms in total. The van der Waals surface area contributed by atoms with Crippen LogP contribution >= 0.6 is 0 Å². The maximum atomic E-state index is 12.5. The van der Waals surface area contributed by atoms with Crippen LogP contribution in [0.1, 0.15) is 50.4 Å². The summed E-state index contributed by atoms with van der Waals surface area (Å²) < 4.78 is 33.4. The fraction of sp³-hybridized carbons (Fsp3) is 0.579. The molecule has 0 heterocycles. The lowest BCUT2D eigenvalue weighted by Gasteiger charge is -2.35. The first-order valence-electron chi connectivity index (χ1n) is 9.26. The van der Waals surface area contributed by atoms with Crippen LogP contribution in [0.25, 0.3) is 0 Å². The van der Waals surface area contributed by atoms with Gasteiger partial charge in [-0.15, -0.1) is 0 Å². The Morgan fingerprint density at radius 1 is 1.25 bits per heavy atom. The minimum atomic E-state index is -4.00. The Balaban J connectivity index is 2.10. The molecule has 1 aromatic rings. The largest absolute Gasteiger partial charge is 0.496 e. The molecule has 0 bridgehead atoms. The fourth-order valence-electron chi connectivity index (χ4n) is 3.39. The van der Waals surface area contributed by atoms with Crippen LogP contribution in [0.4, 0.5) is 0 Å². The van der Waals surface area contributed by atoms with Crippen molar-refractivity contribution in [1.29, 1.82) is 0 Å². The molecule has 0 aliphatic heterocycles. The van der Waals surface area contributed by atoms with E-state index >= 15 is 0 Å². The zero-order chi connectivity index (χ0) is 21.1. The number of sulfonamides is 1. The van der Waals surface area contributed by atoms with Gasteiger partial charge in [-0.25, -0.2) is 18.4 Å². The van der Waals surface area contributed by atoms with E-state index < -0.39 is 22.1 Å². The van der Waals surface area contributed by atoms with Gasteiger partial charge < -0.3 is 14.8 Å². The standard InChI is InChI=1S/C19H28N2O6S/c1-11-6-5-7-16(12(11)2)21-18(22)13(3)27-19(23)15-10-14(28(20,24)25)8-9-17(15)26-4/h8-13,16H,5-7H2,1-4H3,(H,21,22)(H2,20,24,25)/t11-,12-,13+,16+/m0/s1. The van der Waals surface area contributed by atoms with E-state index in [0.29, 0.717) is 11.8 Å². The van der Waals surface area contributed by atoms with Crippen LogP contribution in [0.3, 0.4) is 0 Å². The molecule has 1 aliphatic carbocycles. The van der Waals surface area contributed by atoms with Gasteiger partial charge in [0, 0.05) is 6.04 Å². The monoisotopic (exact) mass is 412 g/mol. The average molecular weight is 413 g/mol. The van der Waals surface area contributed by atoms with Crippen molar-refractivity contribution in [2.75, 3.05) is 7.11 Å². The van der Waals surface area contributed by atoms with Crippen molar-refractivity contribution in [2.24, 2.45) is 17.0 Å². The van der Waals surface area contributed by atoms with E-state index in [1.54, 1.807) is 0 Å². The molecule has 2 rings (SSSR count). The summed E-state index contributed by atoms with van der Waals surface area (Å²) in [6.07, 6.45) is 2.03. The van der Waals surface area contributed by atoms with E-state index in [1.165, 1.54) is 26.2 Å². The van der Waals surface area contributed by atoms with Gasteiger partial charge in [-0.1, -0.05) is 26.7 Å². The molecular weight excluding hydrogens is 384 g/mol. The van der Waals surface area contributed by atoms with Gasteiger partial charge in [0.15, 0.2) is 6.10 Å². The number of benzene rings is 1. The van der Waals surface area contributed by atoms with Gasteiger partial charge in [-0.2, -0.15) is 0 Å². The van der Waals surface area contributed by atoms with Gasteiger partial charge in [0.05, 0.1) is 12.0 Å². The number of carbonyl (C=O) groups excluding carboxylic acids is 2. The highest BCUT2D eigenvalue weighted by atomic mass is 32.2. The third kappa shape index (κ3) is 5.23. The second-order valence-corrected chi connectivity index (χ2v) is 8.90. The van der Waals surface area contributed by atoms with Crippen LogP contribution in [0.5, 0.6) is 5.75 Å². The Morgan fingerprint density at radius 3 is 2.54 bits per heavy atom. The molecule has 1 amide bonds. The molecule has 28 heavy (non-hydrogen) atoms. The molecule has 4 atom stereocenters. The summed E-state index contributed by atoms with van der Waals surface area (Å²) in [6.45, 7) is 5.74. The zero-order valence-electron chi connectivity index (χ0n) is 16.6. The van der Waals surface area contributed by atoms with Gasteiger partial charge in [0.2, 0.25) is 10.0 Å². The summed E-state index contributed by atoms with van der Waals surface area (Å²) in [5.74, 6) is -0.273. The molecule has 0 aromatic heterocycles. The molecule has 1 saturated carbocycles. The van der Waals surface area contributed by atoms with E-state index in [-0.39, 0.29) is 28.2 Å². The molecular formula is C19H28N2O6S. The molecule has 0 spiro atoms. The molecule has 0 unspecified atom stereocenters. The number of esters is 1. The molecule has 3 N–H and O–H groups in total. The van der Waals surface area contributed by atoms with Crippen molar-refractivity contribution in [3.63, 3.8) is 0 Å². The topological polar surface area (TPSA) is 125 Å². The van der Waals surface area contributed by atoms with Crippen LogP contribution in [0.2, 0.25) is 0 Å². The summed E-state index contributed by atoms with van der Waals surface area (Å²) >= 11 is 0. The van der Waals surface area contributed by atoms with Crippen LogP contribution in [0, 0.1) is 11.8 Å². The molecule has 1 aliphatic rings. The van der Waals surface area contributed by atoms with Gasteiger partial charge >= 0.3 is 5.97 Å². The minimum Gasteiger partial charge on any atom is -0.496 e. The lowest BCUT2D eigenvalue weighted by Crippen LogP contribution is -2.47. The van der Waals surface area contributed by atoms with Crippen molar-refractivity contribution < 1.29 is 27.5 Å². The maximum Gasteiger partial charge on any atom is 0.342 e. The number of primary sulfonamides is 1. The van der Waals surface area contributed by atoms with Gasteiger partial charge in [0.25, 0.3) is 5.91 Å². The number of hydrogen-bond acceptors (Lipinski definition) is 6. The molecule has 156 valence electrons. The zero-order valence-corrected chi connectivity index (χ0v) is 17.4. The number of carbonyl (C=O) groups is 2. The van der Waals surface area contributed by atoms with E-state index in [1.807, 2.05) is 0 Å². The number of rotatable bonds is 6. The fourth-order valence-corrected chi connectivity index (χ4v) is 3.93.